The molecule has 2 N–H and O–H groups in total. The number of hydrogen-bond acceptors (Lipinski definition) is 4. The highest BCUT2D eigenvalue weighted by Gasteiger charge is 2.35. The minimum atomic E-state index is -1.99. The van der Waals surface area contributed by atoms with E-state index in [0.717, 1.165) is 0 Å². The molecule has 0 bridgehead atoms. The van der Waals surface area contributed by atoms with Crippen LogP contribution in [0.1, 0.15) is 16.8 Å². The van der Waals surface area contributed by atoms with Gasteiger partial charge in [-0.1, -0.05) is 58.0 Å². The zero-order valence-corrected chi connectivity index (χ0v) is 18.1. The lowest BCUT2D eigenvalue weighted by atomic mass is 10.0. The van der Waals surface area contributed by atoms with Gasteiger partial charge in [-0.2, -0.15) is 0 Å². The molecule has 0 fully saturated rings. The second-order valence-corrected chi connectivity index (χ2v) is 8.94. The van der Waals surface area contributed by atoms with Gasteiger partial charge in [0, 0.05) is 29.8 Å². The maximum Gasteiger partial charge on any atom is 0.319 e. The van der Waals surface area contributed by atoms with Gasteiger partial charge in [0.2, 0.25) is 3.79 Å². The monoisotopic (exact) mass is 497 g/mol. The summed E-state index contributed by atoms with van der Waals surface area (Å²) in [5.74, 6) is -0.480. The standard InChI is InChI=1S/C17H12Cl5N3O4/c18-12-6-3-10(7-13(12)19)23-16(27)24-15(17(20,21)22)8-14(26)9-1-4-11(5-2-9)25(28)29/h1-7,15H,8H2,(H2,23,24,27)/t15-/m1/s1. The Kier molecular flexibility index (Phi) is 7.96. The molecule has 2 rings (SSSR count). The predicted octanol–water partition coefficient (Wildman–Crippen LogP) is 6.03. The first-order valence-electron chi connectivity index (χ1n) is 7.84. The lowest BCUT2D eigenvalue weighted by Crippen LogP contribution is -2.46. The van der Waals surface area contributed by atoms with E-state index in [1.807, 2.05) is 0 Å². The highest BCUT2D eigenvalue weighted by atomic mass is 35.6. The first-order chi connectivity index (χ1) is 13.5. The normalized spacial score (nSPS) is 12.2. The van der Waals surface area contributed by atoms with Gasteiger partial charge in [0.1, 0.15) is 0 Å². The van der Waals surface area contributed by atoms with Crippen molar-refractivity contribution in [3.63, 3.8) is 0 Å². The number of urea groups is 1. The molecule has 0 heterocycles. The third kappa shape index (κ3) is 6.90. The van der Waals surface area contributed by atoms with Crippen LogP contribution >= 0.6 is 58.0 Å². The van der Waals surface area contributed by atoms with Gasteiger partial charge in [-0.3, -0.25) is 14.9 Å². The van der Waals surface area contributed by atoms with Crippen molar-refractivity contribution in [3.8, 4) is 0 Å². The minimum Gasteiger partial charge on any atom is -0.330 e. The molecule has 2 amide bonds. The van der Waals surface area contributed by atoms with E-state index in [1.54, 1.807) is 0 Å². The smallest absolute Gasteiger partial charge is 0.319 e. The molecule has 2 aromatic rings. The van der Waals surface area contributed by atoms with E-state index < -0.39 is 26.6 Å². The summed E-state index contributed by atoms with van der Waals surface area (Å²) in [6, 6.07) is 7.44. The van der Waals surface area contributed by atoms with Crippen LogP contribution in [-0.2, 0) is 0 Å². The van der Waals surface area contributed by atoms with Gasteiger partial charge in [-0.15, -0.1) is 0 Å². The maximum absolute atomic E-state index is 12.5. The van der Waals surface area contributed by atoms with Crippen LogP contribution in [0.3, 0.4) is 0 Å². The van der Waals surface area contributed by atoms with Crippen LogP contribution in [0.15, 0.2) is 42.5 Å². The number of nitro groups is 1. The minimum absolute atomic E-state index is 0.168. The van der Waals surface area contributed by atoms with Gasteiger partial charge in [-0.25, -0.2) is 4.79 Å². The second-order valence-electron chi connectivity index (χ2n) is 5.75. The summed E-state index contributed by atoms with van der Waals surface area (Å²) in [5, 5.41) is 16.2. The number of Topliss-reactive ketones (excluding diaryl/α,β-unsaturated/α-hetero) is 1. The summed E-state index contributed by atoms with van der Waals surface area (Å²) < 4.78 is -1.99. The summed E-state index contributed by atoms with van der Waals surface area (Å²) >= 11 is 29.4. The van der Waals surface area contributed by atoms with Gasteiger partial charge in [0.05, 0.1) is 21.0 Å². The maximum atomic E-state index is 12.5. The molecular weight excluding hydrogens is 487 g/mol. The number of nitrogens with zero attached hydrogens (tertiary/aromatic N) is 1. The number of halogens is 5. The van der Waals surface area contributed by atoms with Crippen LogP contribution in [0.5, 0.6) is 0 Å². The van der Waals surface area contributed by atoms with Crippen molar-refractivity contribution in [2.75, 3.05) is 5.32 Å². The molecule has 0 radical (unpaired) electrons. The van der Waals surface area contributed by atoms with E-state index >= 15 is 0 Å². The number of rotatable bonds is 6. The molecule has 0 spiro atoms. The Morgan fingerprint density at radius 1 is 1.03 bits per heavy atom. The summed E-state index contributed by atoms with van der Waals surface area (Å²) in [4.78, 5) is 34.8. The quantitative estimate of drug-likeness (QED) is 0.219. The van der Waals surface area contributed by atoms with E-state index in [0.29, 0.717) is 10.7 Å². The molecule has 29 heavy (non-hydrogen) atoms. The Hall–Kier alpha value is -1.77. The van der Waals surface area contributed by atoms with Crippen LogP contribution in [-0.4, -0.2) is 26.6 Å². The molecule has 12 heteroatoms. The van der Waals surface area contributed by atoms with E-state index in [1.165, 1.54) is 42.5 Å². The molecule has 0 saturated heterocycles. The number of nitro benzene ring substituents is 1. The predicted molar refractivity (Wildman–Crippen MR) is 115 cm³/mol. The molecule has 0 aliphatic carbocycles. The van der Waals surface area contributed by atoms with E-state index in [9.17, 15) is 19.7 Å². The molecule has 0 aromatic heterocycles. The van der Waals surface area contributed by atoms with Crippen molar-refractivity contribution in [1.82, 2.24) is 5.32 Å². The largest absolute Gasteiger partial charge is 0.330 e. The number of carbonyl (C=O) groups is 2. The summed E-state index contributed by atoms with van der Waals surface area (Å²) in [6.07, 6.45) is -0.358. The average Bonchev–Trinajstić information content (AvgIpc) is 2.63. The number of alkyl halides is 3. The SMILES string of the molecule is O=C(Nc1ccc(Cl)c(Cl)c1)N[C@H](CC(=O)c1ccc([N+](=O)[O-])cc1)C(Cl)(Cl)Cl. The van der Waals surface area contributed by atoms with Crippen molar-refractivity contribution in [1.29, 1.82) is 0 Å². The number of ketones is 1. The Morgan fingerprint density at radius 3 is 2.17 bits per heavy atom. The molecule has 0 aliphatic heterocycles. The fourth-order valence-corrected chi connectivity index (χ4v) is 2.91. The summed E-state index contributed by atoms with van der Waals surface area (Å²) in [5.41, 5.74) is 0.335. The van der Waals surface area contributed by atoms with E-state index in [-0.39, 0.29) is 22.7 Å². The Morgan fingerprint density at radius 2 is 1.66 bits per heavy atom. The Balaban J connectivity index is 2.08. The molecule has 0 aliphatic rings. The van der Waals surface area contributed by atoms with Crippen molar-refractivity contribution >= 4 is 81.2 Å². The van der Waals surface area contributed by atoms with Gasteiger partial charge in [0.25, 0.3) is 5.69 Å². The van der Waals surface area contributed by atoms with Gasteiger partial charge in [0.15, 0.2) is 5.78 Å². The third-order valence-electron chi connectivity index (χ3n) is 3.67. The van der Waals surface area contributed by atoms with Crippen LogP contribution in [0.25, 0.3) is 0 Å². The third-order valence-corrected chi connectivity index (χ3v) is 5.20. The zero-order valence-electron chi connectivity index (χ0n) is 14.3. The summed E-state index contributed by atoms with van der Waals surface area (Å²) in [6.45, 7) is 0. The number of benzene rings is 2. The molecule has 7 nitrogen and oxygen atoms in total. The molecule has 2 aromatic carbocycles. The molecule has 0 saturated carbocycles. The Bertz CT molecular complexity index is 932. The number of hydrogen-bond donors (Lipinski definition) is 2. The Labute approximate surface area is 190 Å². The topological polar surface area (TPSA) is 101 Å². The number of nitrogens with one attached hydrogen (secondary N) is 2. The molecule has 0 unspecified atom stereocenters. The fourth-order valence-electron chi connectivity index (χ4n) is 2.22. The van der Waals surface area contributed by atoms with E-state index in [4.69, 9.17) is 58.0 Å². The van der Waals surface area contributed by atoms with Gasteiger partial charge >= 0.3 is 6.03 Å². The number of carbonyl (C=O) groups excluding carboxylic acids is 2. The number of non-ortho nitro benzene ring substituents is 1. The summed E-state index contributed by atoms with van der Waals surface area (Å²) in [7, 11) is 0. The van der Waals surface area contributed by atoms with Crippen molar-refractivity contribution < 1.29 is 14.5 Å². The highest BCUT2D eigenvalue weighted by Crippen LogP contribution is 2.33. The van der Waals surface area contributed by atoms with Crippen molar-refractivity contribution in [3.05, 3.63) is 68.2 Å². The van der Waals surface area contributed by atoms with Crippen LogP contribution in [0.2, 0.25) is 10.0 Å². The lowest BCUT2D eigenvalue weighted by Gasteiger charge is -2.25. The van der Waals surface area contributed by atoms with Gasteiger partial charge < -0.3 is 10.6 Å². The van der Waals surface area contributed by atoms with Crippen molar-refractivity contribution in [2.24, 2.45) is 0 Å². The molecule has 154 valence electrons. The lowest BCUT2D eigenvalue weighted by molar-refractivity contribution is -0.384. The first kappa shape index (κ1) is 23.5. The van der Waals surface area contributed by atoms with Gasteiger partial charge in [-0.05, 0) is 30.3 Å². The molecular formula is C17H12Cl5N3O4. The highest BCUT2D eigenvalue weighted by molar-refractivity contribution is 6.68. The fraction of sp³-hybridized carbons (Fsp3) is 0.176. The van der Waals surface area contributed by atoms with E-state index in [2.05, 4.69) is 10.6 Å². The van der Waals surface area contributed by atoms with Crippen LogP contribution in [0, 0.1) is 10.1 Å². The second kappa shape index (κ2) is 9.82. The number of anilines is 1. The number of amides is 2. The van der Waals surface area contributed by atoms with Crippen molar-refractivity contribution in [2.45, 2.75) is 16.3 Å². The van der Waals surface area contributed by atoms with Crippen LogP contribution in [0.4, 0.5) is 16.2 Å². The average molecular weight is 500 g/mol. The van der Waals surface area contributed by atoms with Crippen LogP contribution < -0.4 is 10.6 Å². The molecule has 1 atom stereocenters. The first-order valence-corrected chi connectivity index (χ1v) is 9.73. The zero-order chi connectivity index (χ0) is 21.8.